The Labute approximate surface area is 98.8 Å². The van der Waals surface area contributed by atoms with E-state index >= 15 is 0 Å². The molecule has 1 N–H and O–H groups in total. The quantitative estimate of drug-likeness (QED) is 0.471. The first-order valence-electron chi connectivity index (χ1n) is 5.51. The van der Waals surface area contributed by atoms with Crippen molar-refractivity contribution < 1.29 is 8.61 Å². The third kappa shape index (κ3) is 4.07. The predicted octanol–water partition coefficient (Wildman–Crippen LogP) is 2.95. The van der Waals surface area contributed by atoms with Gasteiger partial charge >= 0.3 is 0 Å². The van der Waals surface area contributed by atoms with Crippen LogP contribution in [0, 0.1) is 0 Å². The zero-order valence-electron chi connectivity index (χ0n) is 10.4. The Balaban J connectivity index is 2.23. The van der Waals surface area contributed by atoms with Crippen molar-refractivity contribution in [2.75, 3.05) is 13.2 Å². The van der Waals surface area contributed by atoms with Gasteiger partial charge in [-0.25, -0.2) is 4.72 Å². The minimum Gasteiger partial charge on any atom is -0.417 e. The maximum absolute atomic E-state index is 6.09. The van der Waals surface area contributed by atoms with Crippen molar-refractivity contribution in [2.45, 2.75) is 51.4 Å². The van der Waals surface area contributed by atoms with Gasteiger partial charge in [-0.1, -0.05) is 20.8 Å². The van der Waals surface area contributed by atoms with Crippen molar-refractivity contribution in [3.8, 4) is 0 Å². The summed E-state index contributed by atoms with van der Waals surface area (Å²) in [5, 5.41) is 0.307. The summed E-state index contributed by atoms with van der Waals surface area (Å²) in [5.41, 5.74) is 0. The molecule has 3 nitrogen and oxygen atoms in total. The lowest BCUT2D eigenvalue weighted by Gasteiger charge is -2.36. The molecule has 1 saturated heterocycles. The molecule has 1 atom stereocenters. The van der Waals surface area contributed by atoms with Crippen LogP contribution in [0.5, 0.6) is 0 Å². The van der Waals surface area contributed by atoms with E-state index in [1.807, 2.05) is 0 Å². The van der Waals surface area contributed by atoms with E-state index in [1.54, 1.807) is 0 Å². The standard InChI is InChI=1S/C10H23NO2SSi/c1-10(2,3)15(4,5)13-7-6-9-8-12-14-11-9/h9,11H,6-8H2,1-5H3/t9-/m0/s1. The first-order chi connectivity index (χ1) is 6.83. The van der Waals surface area contributed by atoms with Gasteiger partial charge in [0.1, 0.15) is 0 Å². The van der Waals surface area contributed by atoms with Crippen molar-refractivity contribution in [2.24, 2.45) is 0 Å². The second kappa shape index (κ2) is 5.18. The van der Waals surface area contributed by atoms with E-state index in [9.17, 15) is 0 Å². The number of nitrogens with one attached hydrogen (secondary N) is 1. The molecular weight excluding hydrogens is 226 g/mol. The van der Waals surface area contributed by atoms with E-state index in [0.29, 0.717) is 11.1 Å². The molecule has 1 rings (SSSR count). The van der Waals surface area contributed by atoms with Gasteiger partial charge in [-0.15, -0.1) is 0 Å². The molecule has 0 saturated carbocycles. The topological polar surface area (TPSA) is 30.5 Å². The number of rotatable bonds is 4. The summed E-state index contributed by atoms with van der Waals surface area (Å²) in [6, 6.07) is 0.458. The zero-order chi connectivity index (χ0) is 11.5. The van der Waals surface area contributed by atoms with Crippen LogP contribution >= 0.6 is 12.2 Å². The van der Waals surface area contributed by atoms with E-state index in [0.717, 1.165) is 19.6 Å². The summed E-state index contributed by atoms with van der Waals surface area (Å²) in [6.45, 7) is 13.0. The van der Waals surface area contributed by atoms with Crippen LogP contribution in [-0.4, -0.2) is 27.6 Å². The Morgan fingerprint density at radius 2 is 2.13 bits per heavy atom. The maximum Gasteiger partial charge on any atom is 0.191 e. The molecular formula is C10H23NO2SSi. The van der Waals surface area contributed by atoms with Crippen LogP contribution in [0.3, 0.4) is 0 Å². The summed E-state index contributed by atoms with van der Waals surface area (Å²) in [5.74, 6) is 0. The number of hydrogen-bond donors (Lipinski definition) is 1. The SMILES string of the molecule is CC(C)(C)[Si](C)(C)OCC[C@H]1COSN1. The molecule has 0 amide bonds. The number of hydrogen-bond acceptors (Lipinski definition) is 4. The molecule has 0 spiro atoms. The minimum absolute atomic E-state index is 0.307. The van der Waals surface area contributed by atoms with E-state index < -0.39 is 8.32 Å². The van der Waals surface area contributed by atoms with Crippen LogP contribution < -0.4 is 4.72 Å². The fourth-order valence-corrected chi connectivity index (χ4v) is 2.75. The van der Waals surface area contributed by atoms with Gasteiger partial charge in [0.05, 0.1) is 18.8 Å². The highest BCUT2D eigenvalue weighted by molar-refractivity contribution is 7.92. The lowest BCUT2D eigenvalue weighted by atomic mass is 10.2. The van der Waals surface area contributed by atoms with Crippen LogP contribution in [0.1, 0.15) is 27.2 Å². The maximum atomic E-state index is 6.09. The highest BCUT2D eigenvalue weighted by Gasteiger charge is 2.37. The monoisotopic (exact) mass is 249 g/mol. The van der Waals surface area contributed by atoms with Crippen molar-refractivity contribution in [3.05, 3.63) is 0 Å². The van der Waals surface area contributed by atoms with Gasteiger partial charge in [0.15, 0.2) is 8.32 Å². The summed E-state index contributed by atoms with van der Waals surface area (Å²) < 4.78 is 14.5. The Bertz CT molecular complexity index is 200. The first-order valence-corrected chi connectivity index (χ1v) is 9.16. The van der Waals surface area contributed by atoms with Crippen LogP contribution in [0.25, 0.3) is 0 Å². The van der Waals surface area contributed by atoms with Gasteiger partial charge in [0.25, 0.3) is 0 Å². The third-order valence-electron chi connectivity index (χ3n) is 3.28. The molecule has 0 aliphatic carbocycles. The summed E-state index contributed by atoms with van der Waals surface area (Å²) in [4.78, 5) is 0. The third-order valence-corrected chi connectivity index (χ3v) is 8.50. The molecule has 0 radical (unpaired) electrons. The van der Waals surface area contributed by atoms with Crippen molar-refractivity contribution in [3.63, 3.8) is 0 Å². The normalized spacial score (nSPS) is 23.4. The van der Waals surface area contributed by atoms with Gasteiger partial charge in [-0.3, -0.25) is 4.18 Å². The molecule has 0 aromatic rings. The minimum atomic E-state index is -1.55. The molecule has 0 bridgehead atoms. The Kier molecular flexibility index (Phi) is 4.67. The van der Waals surface area contributed by atoms with Gasteiger partial charge in [0, 0.05) is 12.6 Å². The first kappa shape index (κ1) is 13.5. The highest BCUT2D eigenvalue weighted by atomic mass is 32.2. The largest absolute Gasteiger partial charge is 0.417 e. The van der Waals surface area contributed by atoms with Crippen LogP contribution in [0.4, 0.5) is 0 Å². The Hall–Kier alpha value is 0.447. The summed E-state index contributed by atoms with van der Waals surface area (Å²) >= 11 is 1.35. The van der Waals surface area contributed by atoms with E-state index in [-0.39, 0.29) is 0 Å². The fourth-order valence-electron chi connectivity index (χ4n) is 1.07. The summed E-state index contributed by atoms with van der Waals surface area (Å²) in [7, 11) is -1.55. The molecule has 0 unspecified atom stereocenters. The van der Waals surface area contributed by atoms with Crippen LogP contribution in [0.2, 0.25) is 18.1 Å². The zero-order valence-corrected chi connectivity index (χ0v) is 12.2. The smallest absolute Gasteiger partial charge is 0.191 e. The molecule has 0 aromatic carbocycles. The average Bonchev–Trinajstić information content (AvgIpc) is 2.54. The molecule has 1 aliphatic heterocycles. The fraction of sp³-hybridized carbons (Fsp3) is 1.00. The Morgan fingerprint density at radius 3 is 2.60 bits per heavy atom. The summed E-state index contributed by atoms with van der Waals surface area (Å²) in [6.07, 6.45) is 1.04. The van der Waals surface area contributed by atoms with Crippen molar-refractivity contribution >= 4 is 20.5 Å². The molecule has 1 aliphatic rings. The molecule has 15 heavy (non-hydrogen) atoms. The molecule has 1 fully saturated rings. The van der Waals surface area contributed by atoms with E-state index in [2.05, 4.69) is 38.6 Å². The molecule has 0 aromatic heterocycles. The second-order valence-electron chi connectivity index (χ2n) is 5.58. The van der Waals surface area contributed by atoms with Gasteiger partial charge in [0.2, 0.25) is 0 Å². The van der Waals surface area contributed by atoms with E-state index in [4.69, 9.17) is 8.61 Å². The van der Waals surface area contributed by atoms with Crippen molar-refractivity contribution in [1.82, 2.24) is 4.72 Å². The average molecular weight is 249 g/mol. The van der Waals surface area contributed by atoms with Crippen molar-refractivity contribution in [1.29, 1.82) is 0 Å². The van der Waals surface area contributed by atoms with Gasteiger partial charge < -0.3 is 4.43 Å². The Morgan fingerprint density at radius 1 is 1.47 bits per heavy atom. The van der Waals surface area contributed by atoms with Crippen LogP contribution in [0.15, 0.2) is 0 Å². The van der Waals surface area contributed by atoms with Gasteiger partial charge in [-0.2, -0.15) is 0 Å². The lowest BCUT2D eigenvalue weighted by Crippen LogP contribution is -2.41. The predicted molar refractivity (Wildman–Crippen MR) is 68.2 cm³/mol. The van der Waals surface area contributed by atoms with Crippen LogP contribution in [-0.2, 0) is 8.61 Å². The van der Waals surface area contributed by atoms with E-state index in [1.165, 1.54) is 12.2 Å². The molecule has 90 valence electrons. The molecule has 1 heterocycles. The molecule has 5 heteroatoms. The van der Waals surface area contributed by atoms with Gasteiger partial charge in [-0.05, 0) is 24.6 Å². The second-order valence-corrected chi connectivity index (χ2v) is 11.0. The highest BCUT2D eigenvalue weighted by Crippen LogP contribution is 2.36. The lowest BCUT2D eigenvalue weighted by molar-refractivity contribution is 0.256.